The summed E-state index contributed by atoms with van der Waals surface area (Å²) in [7, 11) is 0. The van der Waals surface area contributed by atoms with Gasteiger partial charge in [0.2, 0.25) is 0 Å². The van der Waals surface area contributed by atoms with Gasteiger partial charge in [0.25, 0.3) is 5.91 Å². The number of ether oxygens (including phenoxy) is 1. The monoisotopic (exact) mass is 382 g/mol. The molecular formula is C21H22N2O3S. The van der Waals surface area contributed by atoms with Gasteiger partial charge in [0.15, 0.2) is 0 Å². The molecule has 1 N–H and O–H groups in total. The number of rotatable bonds is 7. The molecule has 140 valence electrons. The second-order valence-corrected chi connectivity index (χ2v) is 7.28. The van der Waals surface area contributed by atoms with E-state index >= 15 is 0 Å². The molecule has 0 saturated carbocycles. The smallest absolute Gasteiger partial charge is 0.331 e. The van der Waals surface area contributed by atoms with Crippen LogP contribution in [0.15, 0.2) is 42.5 Å². The highest BCUT2D eigenvalue weighted by molar-refractivity contribution is 7.13. The normalized spacial score (nSPS) is 12.1. The van der Waals surface area contributed by atoms with Crippen molar-refractivity contribution in [3.63, 3.8) is 0 Å². The number of nitrogens with one attached hydrogen (secondary N) is 1. The van der Waals surface area contributed by atoms with Crippen LogP contribution < -0.4 is 5.32 Å². The van der Waals surface area contributed by atoms with Crippen LogP contribution >= 0.6 is 11.3 Å². The van der Waals surface area contributed by atoms with Crippen molar-refractivity contribution in [3.05, 3.63) is 63.4 Å². The Morgan fingerprint density at radius 3 is 2.59 bits per heavy atom. The Morgan fingerprint density at radius 2 is 1.96 bits per heavy atom. The fraction of sp³-hybridized carbons (Fsp3) is 0.286. The van der Waals surface area contributed by atoms with Crippen molar-refractivity contribution in [2.75, 3.05) is 6.61 Å². The molecule has 1 amide bonds. The fourth-order valence-corrected chi connectivity index (χ4v) is 3.60. The molecule has 0 spiro atoms. The van der Waals surface area contributed by atoms with Gasteiger partial charge < -0.3 is 10.1 Å². The van der Waals surface area contributed by atoms with Gasteiger partial charge in [-0.2, -0.15) is 5.26 Å². The molecule has 5 nitrogen and oxygen atoms in total. The van der Waals surface area contributed by atoms with E-state index < -0.39 is 0 Å². The molecule has 1 unspecified atom stereocenters. The zero-order chi connectivity index (χ0) is 19.8. The standard InChI is InChI=1S/C21H22N2O3S/c1-4-26-20(24)11-14(2)19-10-9-18(27-19)12-15(3)23-21(25)17-7-5-16(13-22)6-8-17/h5-11,15H,4,12H2,1-3H3,(H,23,25)/b14-11+. The van der Waals surface area contributed by atoms with E-state index in [1.807, 2.05) is 32.0 Å². The van der Waals surface area contributed by atoms with Crippen LogP contribution in [-0.2, 0) is 16.0 Å². The van der Waals surface area contributed by atoms with E-state index in [0.717, 1.165) is 15.3 Å². The molecule has 0 aliphatic carbocycles. The van der Waals surface area contributed by atoms with Crippen LogP contribution in [0.5, 0.6) is 0 Å². The highest BCUT2D eigenvalue weighted by Crippen LogP contribution is 2.25. The molecule has 27 heavy (non-hydrogen) atoms. The summed E-state index contributed by atoms with van der Waals surface area (Å²) in [4.78, 5) is 26.0. The number of carbonyl (C=O) groups excluding carboxylic acids is 2. The number of amides is 1. The highest BCUT2D eigenvalue weighted by atomic mass is 32.1. The second kappa shape index (κ2) is 9.70. The first-order valence-electron chi connectivity index (χ1n) is 8.68. The van der Waals surface area contributed by atoms with Gasteiger partial charge in [0.05, 0.1) is 18.2 Å². The number of hydrogen-bond acceptors (Lipinski definition) is 5. The van der Waals surface area contributed by atoms with Gasteiger partial charge in [-0.25, -0.2) is 4.79 Å². The Morgan fingerprint density at radius 1 is 1.26 bits per heavy atom. The lowest BCUT2D eigenvalue weighted by atomic mass is 10.1. The molecule has 2 rings (SSSR count). The minimum Gasteiger partial charge on any atom is -0.463 e. The minimum atomic E-state index is -0.340. The Labute approximate surface area is 163 Å². The van der Waals surface area contributed by atoms with Crippen molar-refractivity contribution in [3.8, 4) is 6.07 Å². The molecule has 0 fully saturated rings. The van der Waals surface area contributed by atoms with Gasteiger partial charge in [-0.05, 0) is 62.7 Å². The lowest BCUT2D eigenvalue weighted by molar-refractivity contribution is -0.137. The van der Waals surface area contributed by atoms with E-state index in [-0.39, 0.29) is 17.9 Å². The molecule has 0 saturated heterocycles. The number of thiophene rings is 1. The van der Waals surface area contributed by atoms with Gasteiger partial charge in [-0.15, -0.1) is 11.3 Å². The second-order valence-electron chi connectivity index (χ2n) is 6.11. The fourth-order valence-electron chi connectivity index (χ4n) is 2.49. The molecule has 1 aromatic carbocycles. The van der Waals surface area contributed by atoms with Gasteiger partial charge in [-0.3, -0.25) is 4.79 Å². The van der Waals surface area contributed by atoms with Crippen LogP contribution in [0.2, 0.25) is 0 Å². The van der Waals surface area contributed by atoms with Crippen LogP contribution in [-0.4, -0.2) is 24.5 Å². The van der Waals surface area contributed by atoms with Crippen LogP contribution in [0.1, 0.15) is 46.4 Å². The van der Waals surface area contributed by atoms with E-state index in [4.69, 9.17) is 10.00 Å². The number of allylic oxidation sites excluding steroid dienone is 1. The van der Waals surface area contributed by atoms with E-state index in [0.29, 0.717) is 24.2 Å². The predicted octanol–water partition coefficient (Wildman–Crippen LogP) is 3.95. The minimum absolute atomic E-state index is 0.0472. The lowest BCUT2D eigenvalue weighted by Gasteiger charge is -2.13. The maximum Gasteiger partial charge on any atom is 0.331 e. The van der Waals surface area contributed by atoms with Crippen LogP contribution in [0.4, 0.5) is 0 Å². The quantitative estimate of drug-likeness (QED) is 0.581. The summed E-state index contributed by atoms with van der Waals surface area (Å²) in [5, 5.41) is 11.8. The molecule has 0 aliphatic rings. The predicted molar refractivity (Wildman–Crippen MR) is 106 cm³/mol. The molecular weight excluding hydrogens is 360 g/mol. The molecule has 1 atom stereocenters. The maximum atomic E-state index is 12.3. The summed E-state index contributed by atoms with van der Waals surface area (Å²) in [5.41, 5.74) is 1.91. The van der Waals surface area contributed by atoms with Crippen LogP contribution in [0, 0.1) is 11.3 Å². The highest BCUT2D eigenvalue weighted by Gasteiger charge is 2.12. The third-order valence-electron chi connectivity index (χ3n) is 3.83. The number of esters is 1. The Balaban J connectivity index is 1.95. The summed E-state index contributed by atoms with van der Waals surface area (Å²) in [6, 6.07) is 12.5. The van der Waals surface area contributed by atoms with Crippen molar-refractivity contribution >= 4 is 28.8 Å². The largest absolute Gasteiger partial charge is 0.463 e. The van der Waals surface area contributed by atoms with E-state index in [1.54, 1.807) is 42.5 Å². The van der Waals surface area contributed by atoms with Crippen molar-refractivity contribution in [2.45, 2.75) is 33.2 Å². The summed E-state index contributed by atoms with van der Waals surface area (Å²) >= 11 is 1.59. The first kappa shape index (κ1) is 20.4. The van der Waals surface area contributed by atoms with Crippen LogP contribution in [0.25, 0.3) is 5.57 Å². The molecule has 2 aromatic rings. The van der Waals surface area contributed by atoms with Gasteiger partial charge in [-0.1, -0.05) is 0 Å². The summed E-state index contributed by atoms with van der Waals surface area (Å²) < 4.78 is 4.93. The maximum absolute atomic E-state index is 12.3. The van der Waals surface area contributed by atoms with Crippen molar-refractivity contribution in [1.29, 1.82) is 5.26 Å². The lowest BCUT2D eigenvalue weighted by Crippen LogP contribution is -2.33. The van der Waals surface area contributed by atoms with Crippen molar-refractivity contribution in [2.24, 2.45) is 0 Å². The number of nitriles is 1. The Kier molecular flexibility index (Phi) is 7.33. The van der Waals surface area contributed by atoms with Gasteiger partial charge in [0.1, 0.15) is 0 Å². The zero-order valence-electron chi connectivity index (χ0n) is 15.6. The number of nitrogens with zero attached hydrogens (tertiary/aromatic N) is 1. The average molecular weight is 382 g/mol. The first-order valence-corrected chi connectivity index (χ1v) is 9.49. The number of benzene rings is 1. The molecule has 0 aliphatic heterocycles. The summed E-state index contributed by atoms with van der Waals surface area (Å²) in [6.07, 6.45) is 2.19. The SMILES string of the molecule is CCOC(=O)/C=C(\C)c1ccc(CC(C)NC(=O)c2ccc(C#N)cc2)s1. The average Bonchev–Trinajstić information content (AvgIpc) is 3.10. The molecule has 1 heterocycles. The molecule has 0 radical (unpaired) electrons. The molecule has 1 aromatic heterocycles. The van der Waals surface area contributed by atoms with Crippen molar-refractivity contribution < 1.29 is 14.3 Å². The van der Waals surface area contributed by atoms with Gasteiger partial charge in [0, 0.05) is 33.9 Å². The zero-order valence-corrected chi connectivity index (χ0v) is 16.4. The summed E-state index contributed by atoms with van der Waals surface area (Å²) in [5.74, 6) is -0.504. The Hall–Kier alpha value is -2.91. The number of hydrogen-bond donors (Lipinski definition) is 1. The van der Waals surface area contributed by atoms with Crippen LogP contribution in [0.3, 0.4) is 0 Å². The Bertz CT molecular complexity index is 876. The van der Waals surface area contributed by atoms with E-state index in [1.165, 1.54) is 6.08 Å². The topological polar surface area (TPSA) is 79.2 Å². The molecule has 0 bridgehead atoms. The van der Waals surface area contributed by atoms with Crippen molar-refractivity contribution in [1.82, 2.24) is 5.32 Å². The van der Waals surface area contributed by atoms with E-state index in [2.05, 4.69) is 5.32 Å². The molecule has 6 heteroatoms. The third kappa shape index (κ3) is 6.08. The first-order chi connectivity index (χ1) is 12.9. The van der Waals surface area contributed by atoms with Gasteiger partial charge >= 0.3 is 5.97 Å². The third-order valence-corrected chi connectivity index (χ3v) is 5.08. The van der Waals surface area contributed by atoms with E-state index in [9.17, 15) is 9.59 Å². The summed E-state index contributed by atoms with van der Waals surface area (Å²) in [6.45, 7) is 5.96. The number of carbonyl (C=O) groups is 2.